The predicted molar refractivity (Wildman–Crippen MR) is 91.3 cm³/mol. The molecule has 1 N–H and O–H groups in total. The molecular formula is C19H20N2O3. The summed E-state index contributed by atoms with van der Waals surface area (Å²) in [6.45, 7) is 6.18. The first-order chi connectivity index (χ1) is 11.4. The van der Waals surface area contributed by atoms with Crippen molar-refractivity contribution in [2.24, 2.45) is 5.16 Å². The molecule has 0 saturated carbocycles. The van der Waals surface area contributed by atoms with Gasteiger partial charge in [-0.25, -0.2) is 4.79 Å². The van der Waals surface area contributed by atoms with Crippen LogP contribution in [0.15, 0.2) is 47.8 Å². The fourth-order valence-electron chi connectivity index (χ4n) is 2.92. The van der Waals surface area contributed by atoms with Crippen molar-refractivity contribution in [2.75, 3.05) is 0 Å². The summed E-state index contributed by atoms with van der Waals surface area (Å²) in [4.78, 5) is 21.5. The average Bonchev–Trinajstić information content (AvgIpc) is 3.04. The van der Waals surface area contributed by atoms with Gasteiger partial charge in [0.25, 0.3) is 0 Å². The van der Waals surface area contributed by atoms with Crippen LogP contribution >= 0.6 is 0 Å². The number of carbonyl (C=O) groups is 1. The van der Waals surface area contributed by atoms with E-state index >= 15 is 0 Å². The summed E-state index contributed by atoms with van der Waals surface area (Å²) in [5, 5.41) is 13.8. The third-order valence-corrected chi connectivity index (χ3v) is 4.08. The third-order valence-electron chi connectivity index (χ3n) is 4.08. The van der Waals surface area contributed by atoms with Gasteiger partial charge in [0.2, 0.25) is 0 Å². The summed E-state index contributed by atoms with van der Waals surface area (Å²) in [6.07, 6.45) is 1.93. The lowest BCUT2D eigenvalue weighted by molar-refractivity contribution is 0.0696. The Morgan fingerprint density at radius 1 is 1.21 bits per heavy atom. The summed E-state index contributed by atoms with van der Waals surface area (Å²) >= 11 is 0. The fraction of sp³-hybridized carbons (Fsp3) is 0.316. The van der Waals surface area contributed by atoms with Gasteiger partial charge in [0.1, 0.15) is 0 Å². The van der Waals surface area contributed by atoms with E-state index in [1.807, 2.05) is 24.3 Å². The van der Waals surface area contributed by atoms with Crippen molar-refractivity contribution in [2.45, 2.75) is 38.7 Å². The highest BCUT2D eigenvalue weighted by atomic mass is 16.6. The molecule has 1 atom stereocenters. The molecule has 3 rings (SSSR count). The van der Waals surface area contributed by atoms with Crippen LogP contribution in [0, 0.1) is 0 Å². The quantitative estimate of drug-likeness (QED) is 0.928. The molecule has 2 aromatic rings. The summed E-state index contributed by atoms with van der Waals surface area (Å²) in [7, 11) is 0. The maximum Gasteiger partial charge on any atom is 0.336 e. The number of oxime groups is 1. The van der Waals surface area contributed by atoms with Gasteiger partial charge in [-0.3, -0.25) is 4.98 Å². The van der Waals surface area contributed by atoms with Crippen molar-refractivity contribution in [3.8, 4) is 0 Å². The fourth-order valence-corrected chi connectivity index (χ4v) is 2.92. The van der Waals surface area contributed by atoms with Gasteiger partial charge in [0.05, 0.1) is 17.0 Å². The number of aromatic carboxylic acids is 1. The smallest absolute Gasteiger partial charge is 0.336 e. The van der Waals surface area contributed by atoms with E-state index in [2.05, 4.69) is 30.9 Å². The zero-order valence-electron chi connectivity index (χ0n) is 14.0. The van der Waals surface area contributed by atoms with Crippen LogP contribution in [0.25, 0.3) is 0 Å². The maximum atomic E-state index is 11.7. The Morgan fingerprint density at radius 2 is 2.00 bits per heavy atom. The standard InChI is InChI=1S/C19H20N2O3/c1-19(2,3)13-8-6-7-12(18(22)23)17(13)15-11-16(24-21-15)14-9-4-5-10-20-14/h4-10,16H,11H2,1-3H3,(H,22,23). The van der Waals surface area contributed by atoms with Crippen LogP contribution < -0.4 is 0 Å². The molecule has 5 nitrogen and oxygen atoms in total. The normalized spacial score (nSPS) is 17.3. The van der Waals surface area contributed by atoms with Crippen LogP contribution in [0.3, 0.4) is 0 Å². The van der Waals surface area contributed by atoms with Crippen molar-refractivity contribution in [1.29, 1.82) is 0 Å². The summed E-state index contributed by atoms with van der Waals surface area (Å²) < 4.78 is 0. The summed E-state index contributed by atoms with van der Waals surface area (Å²) in [6, 6.07) is 11.0. The molecule has 5 heteroatoms. The van der Waals surface area contributed by atoms with Crippen molar-refractivity contribution in [3.05, 3.63) is 65.0 Å². The van der Waals surface area contributed by atoms with Crippen LogP contribution in [0.4, 0.5) is 0 Å². The molecule has 2 heterocycles. The highest BCUT2D eigenvalue weighted by Gasteiger charge is 2.31. The zero-order chi connectivity index (χ0) is 17.3. The molecule has 0 spiro atoms. The Hall–Kier alpha value is -2.69. The van der Waals surface area contributed by atoms with E-state index in [0.29, 0.717) is 17.7 Å². The molecule has 0 radical (unpaired) electrons. The first-order valence-electron chi connectivity index (χ1n) is 7.88. The number of pyridine rings is 1. The number of carboxylic acid groups (broad SMARTS) is 1. The monoisotopic (exact) mass is 324 g/mol. The lowest BCUT2D eigenvalue weighted by Gasteiger charge is -2.23. The molecule has 1 aliphatic rings. The minimum Gasteiger partial charge on any atom is -0.478 e. The number of hydrogen-bond acceptors (Lipinski definition) is 4. The molecule has 24 heavy (non-hydrogen) atoms. The van der Waals surface area contributed by atoms with Crippen LogP contribution in [-0.4, -0.2) is 21.8 Å². The molecule has 0 bridgehead atoms. The molecule has 0 aliphatic carbocycles. The molecule has 1 aromatic heterocycles. The molecule has 0 fully saturated rings. The van der Waals surface area contributed by atoms with E-state index in [4.69, 9.17) is 4.84 Å². The topological polar surface area (TPSA) is 71.8 Å². The third kappa shape index (κ3) is 3.02. The lowest BCUT2D eigenvalue weighted by Crippen LogP contribution is -2.20. The molecule has 0 amide bonds. The van der Waals surface area contributed by atoms with Gasteiger partial charge >= 0.3 is 5.97 Å². The minimum absolute atomic E-state index is 0.202. The second-order valence-electron chi connectivity index (χ2n) is 6.87. The highest BCUT2D eigenvalue weighted by molar-refractivity contribution is 6.10. The SMILES string of the molecule is CC(C)(C)c1cccc(C(=O)O)c1C1=NOC(c2ccccn2)C1. The van der Waals surface area contributed by atoms with Crippen molar-refractivity contribution >= 4 is 11.7 Å². The van der Waals surface area contributed by atoms with Crippen LogP contribution in [0.1, 0.15) is 60.5 Å². The average molecular weight is 324 g/mol. The van der Waals surface area contributed by atoms with E-state index in [0.717, 1.165) is 11.3 Å². The molecule has 1 unspecified atom stereocenters. The maximum absolute atomic E-state index is 11.7. The number of hydrogen-bond donors (Lipinski definition) is 1. The minimum atomic E-state index is -0.958. The van der Waals surface area contributed by atoms with Crippen molar-refractivity contribution in [1.82, 2.24) is 4.98 Å². The van der Waals surface area contributed by atoms with Gasteiger partial charge in [0.15, 0.2) is 6.10 Å². The van der Waals surface area contributed by atoms with Crippen LogP contribution in [0.2, 0.25) is 0 Å². The Kier molecular flexibility index (Phi) is 4.09. The zero-order valence-corrected chi connectivity index (χ0v) is 14.0. The van der Waals surface area contributed by atoms with E-state index in [9.17, 15) is 9.90 Å². The Bertz CT molecular complexity index is 792. The van der Waals surface area contributed by atoms with Gasteiger partial charge in [-0.1, -0.05) is 44.1 Å². The lowest BCUT2D eigenvalue weighted by atomic mass is 9.80. The van der Waals surface area contributed by atoms with E-state index in [1.54, 1.807) is 18.3 Å². The first kappa shape index (κ1) is 16.2. The predicted octanol–water partition coefficient (Wildman–Crippen LogP) is 3.94. The number of aromatic nitrogens is 1. The first-order valence-corrected chi connectivity index (χ1v) is 7.88. The molecule has 124 valence electrons. The van der Waals surface area contributed by atoms with Gasteiger partial charge < -0.3 is 9.94 Å². The van der Waals surface area contributed by atoms with Gasteiger partial charge in [-0.15, -0.1) is 0 Å². The Balaban J connectivity index is 2.02. The molecule has 1 aliphatic heterocycles. The molecule has 1 aromatic carbocycles. The largest absolute Gasteiger partial charge is 0.478 e. The van der Waals surface area contributed by atoms with Crippen molar-refractivity contribution < 1.29 is 14.7 Å². The van der Waals surface area contributed by atoms with Gasteiger partial charge in [0, 0.05) is 18.2 Å². The second kappa shape index (κ2) is 6.07. The Morgan fingerprint density at radius 3 is 2.62 bits per heavy atom. The van der Waals surface area contributed by atoms with Gasteiger partial charge in [-0.2, -0.15) is 0 Å². The van der Waals surface area contributed by atoms with Crippen LogP contribution in [-0.2, 0) is 10.3 Å². The Labute approximate surface area is 141 Å². The van der Waals surface area contributed by atoms with Crippen molar-refractivity contribution in [3.63, 3.8) is 0 Å². The second-order valence-corrected chi connectivity index (χ2v) is 6.87. The number of benzene rings is 1. The van der Waals surface area contributed by atoms with E-state index < -0.39 is 5.97 Å². The molecule has 0 saturated heterocycles. The summed E-state index contributed by atoms with van der Waals surface area (Å²) in [5.41, 5.74) is 3.12. The highest BCUT2D eigenvalue weighted by Crippen LogP contribution is 2.34. The van der Waals surface area contributed by atoms with Crippen LogP contribution in [0.5, 0.6) is 0 Å². The van der Waals surface area contributed by atoms with E-state index in [-0.39, 0.29) is 17.1 Å². The number of nitrogens with zero attached hydrogens (tertiary/aromatic N) is 2. The van der Waals surface area contributed by atoms with E-state index in [1.165, 1.54) is 0 Å². The number of rotatable bonds is 3. The summed E-state index contributed by atoms with van der Waals surface area (Å²) in [5.74, 6) is -0.958. The van der Waals surface area contributed by atoms with Gasteiger partial charge in [-0.05, 0) is 29.2 Å². The molecular weight excluding hydrogens is 304 g/mol. The number of carboxylic acids is 1.